The normalized spacial score (nSPS) is 23.4. The summed E-state index contributed by atoms with van der Waals surface area (Å²) >= 11 is 3.29. The molecule has 0 heterocycles. The van der Waals surface area contributed by atoms with Crippen molar-refractivity contribution in [2.75, 3.05) is 24.3 Å². The van der Waals surface area contributed by atoms with Crippen molar-refractivity contribution in [3.05, 3.63) is 62.8 Å². The van der Waals surface area contributed by atoms with Crippen molar-refractivity contribution in [3.63, 3.8) is 0 Å². The number of aromatic hydroxyl groups is 1. The number of aliphatic hydroxyl groups excluding tert-OH is 2. The van der Waals surface area contributed by atoms with Gasteiger partial charge in [-0.3, -0.25) is 19.7 Å². The predicted octanol–water partition coefficient (Wildman–Crippen LogP) is 2.86. The molecule has 0 aromatic heterocycles. The number of nitrogens with zero attached hydrogens (tertiary/aromatic N) is 1. The highest BCUT2D eigenvalue weighted by atomic mass is 79.9. The number of amides is 2. The van der Waals surface area contributed by atoms with Gasteiger partial charge >= 0.3 is 6.09 Å². The van der Waals surface area contributed by atoms with E-state index in [0.717, 1.165) is 4.47 Å². The summed E-state index contributed by atoms with van der Waals surface area (Å²) in [4.78, 5) is 52.4. The monoisotopic (exact) mass is 627 g/mol. The van der Waals surface area contributed by atoms with E-state index in [-0.39, 0.29) is 35.4 Å². The Morgan fingerprint density at radius 3 is 2.39 bits per heavy atom. The van der Waals surface area contributed by atoms with Gasteiger partial charge in [0.15, 0.2) is 17.1 Å². The quantitative estimate of drug-likeness (QED) is 0.216. The van der Waals surface area contributed by atoms with E-state index in [1.54, 1.807) is 43.3 Å². The summed E-state index contributed by atoms with van der Waals surface area (Å²) < 4.78 is 6.05. The van der Waals surface area contributed by atoms with Crippen LogP contribution in [0.25, 0.3) is 5.76 Å². The number of phenolic OH excluding ortho intramolecular Hbond substituents is 1. The van der Waals surface area contributed by atoms with Crippen molar-refractivity contribution in [2.45, 2.75) is 24.9 Å². The minimum Gasteiger partial charge on any atom is -0.508 e. The fourth-order valence-corrected chi connectivity index (χ4v) is 6.17. The Bertz CT molecular complexity index is 1600. The molecular formula is C28H26BrN3O9. The lowest BCUT2D eigenvalue weighted by Gasteiger charge is -2.46. The molecule has 3 aliphatic carbocycles. The molecule has 5 rings (SSSR count). The third-order valence-electron chi connectivity index (χ3n) is 7.78. The van der Waals surface area contributed by atoms with Crippen molar-refractivity contribution in [1.29, 1.82) is 0 Å². The zero-order chi connectivity index (χ0) is 30.0. The lowest BCUT2D eigenvalue weighted by atomic mass is 9.59. The lowest BCUT2D eigenvalue weighted by Crippen LogP contribution is -2.58. The van der Waals surface area contributed by atoms with Crippen LogP contribution in [0.1, 0.15) is 24.0 Å². The van der Waals surface area contributed by atoms with Gasteiger partial charge < -0.3 is 35.8 Å². The van der Waals surface area contributed by atoms with Crippen molar-refractivity contribution in [2.24, 2.45) is 17.6 Å². The van der Waals surface area contributed by atoms with Crippen LogP contribution >= 0.6 is 15.9 Å². The number of anilines is 2. The molecule has 3 atom stereocenters. The molecule has 41 heavy (non-hydrogen) atoms. The Morgan fingerprint density at radius 2 is 1.78 bits per heavy atom. The summed E-state index contributed by atoms with van der Waals surface area (Å²) in [5.74, 6) is -7.08. The number of ether oxygens (including phenoxy) is 1. The fourth-order valence-electron chi connectivity index (χ4n) is 5.91. The van der Waals surface area contributed by atoms with Gasteiger partial charge in [0, 0.05) is 42.2 Å². The topological polar surface area (TPSA) is 200 Å². The highest BCUT2D eigenvalue weighted by molar-refractivity contribution is 9.10. The molecule has 0 radical (unpaired) electrons. The Balaban J connectivity index is 1.60. The van der Waals surface area contributed by atoms with Gasteiger partial charge in [-0.2, -0.15) is 0 Å². The van der Waals surface area contributed by atoms with E-state index in [0.29, 0.717) is 11.3 Å². The molecular weight excluding hydrogens is 602 g/mol. The van der Waals surface area contributed by atoms with Crippen molar-refractivity contribution in [1.82, 2.24) is 0 Å². The first kappa shape index (κ1) is 28.2. The van der Waals surface area contributed by atoms with E-state index in [9.17, 15) is 39.6 Å². The molecule has 0 spiro atoms. The molecule has 13 heteroatoms. The van der Waals surface area contributed by atoms with Gasteiger partial charge in [-0.25, -0.2) is 4.79 Å². The Labute approximate surface area is 241 Å². The maximum Gasteiger partial charge on any atom is 0.417 e. The van der Waals surface area contributed by atoms with E-state index in [1.165, 1.54) is 6.07 Å². The van der Waals surface area contributed by atoms with Crippen LogP contribution in [0.3, 0.4) is 0 Å². The maximum absolute atomic E-state index is 13.7. The third kappa shape index (κ3) is 4.41. The van der Waals surface area contributed by atoms with Crippen LogP contribution in [0.2, 0.25) is 0 Å². The standard InChI is InChI=1S/C28H26BrN3O9/c1-32(2)17-10-16(31-27(39)41-14-5-3-13(29)4-6-14)22(34)20-15(17)8-11-7-12-9-18(33)21(26(30)38)25(37)28(12,40)24(36)19(11)23(20)35/h3-6,10-12,34-35,37,40H,7-9H2,1-2H3,(H2,30,38)(H,31,39). The summed E-state index contributed by atoms with van der Waals surface area (Å²) in [7, 11) is 3.43. The molecule has 12 nitrogen and oxygen atoms in total. The number of phenols is 1. The van der Waals surface area contributed by atoms with Crippen LogP contribution in [0.4, 0.5) is 16.2 Å². The summed E-state index contributed by atoms with van der Waals surface area (Å²) in [6, 6.07) is 7.94. The van der Waals surface area contributed by atoms with Crippen LogP contribution in [0, 0.1) is 11.8 Å². The largest absolute Gasteiger partial charge is 0.508 e. The van der Waals surface area contributed by atoms with E-state index in [1.807, 2.05) is 0 Å². The smallest absolute Gasteiger partial charge is 0.417 e. The number of rotatable bonds is 4. The van der Waals surface area contributed by atoms with Crippen molar-refractivity contribution < 1.29 is 44.3 Å². The number of carbonyl (C=O) groups excluding carboxylic acids is 4. The number of halogens is 1. The molecule has 2 aromatic rings. The number of benzene rings is 2. The lowest BCUT2D eigenvalue weighted by molar-refractivity contribution is -0.147. The number of ketones is 2. The minimum atomic E-state index is -2.67. The Hall–Kier alpha value is -4.36. The number of hydrogen-bond donors (Lipinski definition) is 6. The average Bonchev–Trinajstić information content (AvgIpc) is 2.88. The Morgan fingerprint density at radius 1 is 1.12 bits per heavy atom. The molecule has 3 unspecified atom stereocenters. The van der Waals surface area contributed by atoms with Crippen LogP contribution in [0.15, 0.2) is 51.7 Å². The van der Waals surface area contributed by atoms with Crippen LogP contribution in [0.5, 0.6) is 11.5 Å². The van der Waals surface area contributed by atoms with Gasteiger partial charge in [-0.15, -0.1) is 0 Å². The summed E-state index contributed by atoms with van der Waals surface area (Å²) in [5.41, 5.74) is 2.11. The zero-order valence-electron chi connectivity index (χ0n) is 21.9. The second kappa shape index (κ2) is 9.93. The summed E-state index contributed by atoms with van der Waals surface area (Å²) in [5, 5.41) is 47.2. The van der Waals surface area contributed by atoms with Crippen LogP contribution in [-0.2, 0) is 20.8 Å². The molecule has 2 amide bonds. The maximum atomic E-state index is 13.7. The highest BCUT2D eigenvalue weighted by Gasteiger charge is 2.60. The summed E-state index contributed by atoms with van der Waals surface area (Å²) in [6.45, 7) is 0. The van der Waals surface area contributed by atoms with E-state index in [4.69, 9.17) is 10.5 Å². The Kier molecular flexibility index (Phi) is 6.82. The molecule has 0 saturated heterocycles. The number of nitrogens with one attached hydrogen (secondary N) is 1. The zero-order valence-corrected chi connectivity index (χ0v) is 23.5. The first-order valence-electron chi connectivity index (χ1n) is 12.5. The predicted molar refractivity (Wildman–Crippen MR) is 150 cm³/mol. The SMILES string of the molecule is CN(C)c1cc(NC(=O)Oc2ccc(Br)cc2)c(O)c2c1CC1CC3CC(=O)C(C(N)=O)=C(O)C3(O)C(=O)C1=C2O. The number of Topliss-reactive ketones (excluding diaryl/α,β-unsaturated/α-hetero) is 2. The number of aliphatic hydroxyl groups is 3. The molecule has 3 aliphatic rings. The first-order valence-corrected chi connectivity index (χ1v) is 13.3. The molecule has 0 aliphatic heterocycles. The minimum absolute atomic E-state index is 0.00998. The molecule has 1 fully saturated rings. The van der Waals surface area contributed by atoms with Crippen LogP contribution < -0.4 is 20.7 Å². The molecule has 214 valence electrons. The van der Waals surface area contributed by atoms with E-state index in [2.05, 4.69) is 21.2 Å². The van der Waals surface area contributed by atoms with Crippen LogP contribution in [-0.4, -0.2) is 63.7 Å². The van der Waals surface area contributed by atoms with Crippen molar-refractivity contribution in [3.8, 4) is 11.5 Å². The fraction of sp³-hybridized carbons (Fsp3) is 0.286. The van der Waals surface area contributed by atoms with Gasteiger partial charge in [0.25, 0.3) is 5.91 Å². The molecule has 7 N–H and O–H groups in total. The molecule has 2 aromatic carbocycles. The van der Waals surface area contributed by atoms with Gasteiger partial charge in [-0.05, 0) is 54.7 Å². The van der Waals surface area contributed by atoms with Gasteiger partial charge in [0.05, 0.1) is 11.3 Å². The number of fused-ring (bicyclic) bond motifs is 3. The van der Waals surface area contributed by atoms with E-state index < -0.39 is 70.3 Å². The first-order chi connectivity index (χ1) is 19.2. The van der Waals surface area contributed by atoms with Crippen molar-refractivity contribution >= 4 is 56.6 Å². The summed E-state index contributed by atoms with van der Waals surface area (Å²) in [6.07, 6.45) is -1.20. The second-order valence-electron chi connectivity index (χ2n) is 10.4. The number of carbonyl (C=O) groups is 4. The molecule has 1 saturated carbocycles. The average molecular weight is 628 g/mol. The van der Waals surface area contributed by atoms with Gasteiger partial charge in [0.1, 0.15) is 22.8 Å². The van der Waals surface area contributed by atoms with Gasteiger partial charge in [0.2, 0.25) is 5.78 Å². The second-order valence-corrected chi connectivity index (χ2v) is 11.3. The highest BCUT2D eigenvalue weighted by Crippen LogP contribution is 2.54. The number of hydrogen-bond acceptors (Lipinski definition) is 10. The third-order valence-corrected chi connectivity index (χ3v) is 8.31. The number of nitrogens with two attached hydrogens (primary N) is 1. The van der Waals surface area contributed by atoms with Gasteiger partial charge in [-0.1, -0.05) is 15.9 Å². The number of primary amides is 1. The van der Waals surface area contributed by atoms with E-state index >= 15 is 0 Å². The molecule has 0 bridgehead atoms.